The van der Waals surface area contributed by atoms with Crippen LogP contribution in [0.3, 0.4) is 0 Å². The van der Waals surface area contributed by atoms with E-state index in [4.69, 9.17) is 9.47 Å². The number of carbonyl (C=O) groups is 1. The second kappa shape index (κ2) is 10.2. The quantitative estimate of drug-likeness (QED) is 0.380. The van der Waals surface area contributed by atoms with Gasteiger partial charge in [0, 0.05) is 32.5 Å². The average molecular weight is 498 g/mol. The standard InChI is InChI=1S/C24H31N7O5/c1-25-21-10-20(27-17-4-3-9-30(24(17)34)14-5-7-15(35-2)8-6-14)29-22-16(11-26-31(21)22)23(33)28-18-12-36-13-19(18)32/h3-4,9-11,14-15,18-19,25,32H,5-8,12-13H2,1-2H3,(H,27,29)(H,28,33)/t14-,15-,18-,19+/m0/s1. The zero-order valence-corrected chi connectivity index (χ0v) is 20.3. The Kier molecular flexibility index (Phi) is 6.90. The Bertz CT molecular complexity index is 1300. The van der Waals surface area contributed by atoms with Gasteiger partial charge in [0.05, 0.1) is 37.7 Å². The lowest BCUT2D eigenvalue weighted by Crippen LogP contribution is -2.42. The van der Waals surface area contributed by atoms with Gasteiger partial charge < -0.3 is 35.1 Å². The van der Waals surface area contributed by atoms with Gasteiger partial charge in [0.25, 0.3) is 11.5 Å². The summed E-state index contributed by atoms with van der Waals surface area (Å²) in [6.07, 6.45) is 6.34. The number of ether oxygens (including phenoxy) is 2. The second-order valence-electron chi connectivity index (χ2n) is 9.18. The molecule has 12 heteroatoms. The first-order valence-electron chi connectivity index (χ1n) is 12.1. The monoisotopic (exact) mass is 497 g/mol. The molecule has 0 radical (unpaired) electrons. The molecule has 0 unspecified atom stereocenters. The van der Waals surface area contributed by atoms with Gasteiger partial charge in [-0.1, -0.05) is 0 Å². The van der Waals surface area contributed by atoms with Crippen molar-refractivity contribution in [1.82, 2.24) is 24.5 Å². The maximum absolute atomic E-state index is 13.3. The number of rotatable bonds is 7. The van der Waals surface area contributed by atoms with E-state index in [1.54, 1.807) is 30.9 Å². The molecule has 36 heavy (non-hydrogen) atoms. The number of nitrogens with one attached hydrogen (secondary N) is 3. The van der Waals surface area contributed by atoms with Crippen LogP contribution in [0.5, 0.6) is 0 Å². The minimum absolute atomic E-state index is 0.119. The molecule has 192 valence electrons. The number of anilines is 3. The molecule has 1 saturated heterocycles. The van der Waals surface area contributed by atoms with Crippen LogP contribution in [0.25, 0.3) is 5.65 Å². The van der Waals surface area contributed by atoms with Gasteiger partial charge in [-0.15, -0.1) is 0 Å². The molecule has 2 atom stereocenters. The van der Waals surface area contributed by atoms with Gasteiger partial charge in [-0.05, 0) is 37.8 Å². The van der Waals surface area contributed by atoms with Crippen molar-refractivity contribution in [2.45, 2.75) is 50.0 Å². The molecule has 1 amide bonds. The fourth-order valence-corrected chi connectivity index (χ4v) is 4.88. The second-order valence-corrected chi connectivity index (χ2v) is 9.18. The van der Waals surface area contributed by atoms with Gasteiger partial charge in [0.15, 0.2) is 5.65 Å². The van der Waals surface area contributed by atoms with E-state index in [-0.39, 0.29) is 36.5 Å². The molecule has 0 bridgehead atoms. The summed E-state index contributed by atoms with van der Waals surface area (Å²) in [5.41, 5.74) is 0.814. The lowest BCUT2D eigenvalue weighted by atomic mass is 9.92. The summed E-state index contributed by atoms with van der Waals surface area (Å²) in [5, 5.41) is 23.2. The van der Waals surface area contributed by atoms with Crippen molar-refractivity contribution in [3.05, 3.63) is 46.5 Å². The summed E-state index contributed by atoms with van der Waals surface area (Å²) in [6, 6.07) is 4.90. The molecular formula is C24H31N7O5. The minimum atomic E-state index is -0.765. The highest BCUT2D eigenvalue weighted by Gasteiger charge is 2.29. The van der Waals surface area contributed by atoms with E-state index in [1.807, 2.05) is 12.3 Å². The third-order valence-corrected chi connectivity index (χ3v) is 6.95. The number of amides is 1. The summed E-state index contributed by atoms with van der Waals surface area (Å²) in [6.45, 7) is 0.417. The van der Waals surface area contributed by atoms with Crippen molar-refractivity contribution >= 4 is 28.9 Å². The molecule has 2 fully saturated rings. The van der Waals surface area contributed by atoms with Crippen molar-refractivity contribution in [3.8, 4) is 0 Å². The summed E-state index contributed by atoms with van der Waals surface area (Å²) in [5.74, 6) is 0.559. The molecule has 3 aromatic rings. The normalized spacial score (nSPS) is 24.1. The van der Waals surface area contributed by atoms with Gasteiger partial charge in [0.1, 0.15) is 22.9 Å². The molecule has 1 saturated carbocycles. The summed E-state index contributed by atoms with van der Waals surface area (Å²) in [4.78, 5) is 30.8. The van der Waals surface area contributed by atoms with E-state index in [2.05, 4.69) is 26.0 Å². The van der Waals surface area contributed by atoms with E-state index in [9.17, 15) is 14.7 Å². The molecule has 2 aliphatic rings. The van der Waals surface area contributed by atoms with Gasteiger partial charge in [0.2, 0.25) is 0 Å². The van der Waals surface area contributed by atoms with Crippen molar-refractivity contribution in [3.63, 3.8) is 0 Å². The van der Waals surface area contributed by atoms with Gasteiger partial charge in [-0.3, -0.25) is 9.59 Å². The molecule has 5 rings (SSSR count). The first-order valence-corrected chi connectivity index (χ1v) is 12.1. The predicted octanol–water partition coefficient (Wildman–Crippen LogP) is 1.30. The van der Waals surface area contributed by atoms with Crippen LogP contribution in [0.1, 0.15) is 42.1 Å². The highest BCUT2D eigenvalue weighted by Crippen LogP contribution is 2.29. The lowest BCUT2D eigenvalue weighted by Gasteiger charge is -2.29. The Morgan fingerprint density at radius 3 is 2.75 bits per heavy atom. The third kappa shape index (κ3) is 4.66. The van der Waals surface area contributed by atoms with Crippen LogP contribution < -0.4 is 21.5 Å². The van der Waals surface area contributed by atoms with E-state index in [0.717, 1.165) is 25.7 Å². The van der Waals surface area contributed by atoms with Crippen LogP contribution in [0, 0.1) is 0 Å². The molecule has 0 aromatic carbocycles. The van der Waals surface area contributed by atoms with Crippen LogP contribution >= 0.6 is 0 Å². The van der Waals surface area contributed by atoms with Gasteiger partial charge in [-0.25, -0.2) is 4.98 Å². The van der Waals surface area contributed by atoms with Gasteiger partial charge in [-0.2, -0.15) is 9.61 Å². The molecule has 1 aliphatic heterocycles. The molecular weight excluding hydrogens is 466 g/mol. The highest BCUT2D eigenvalue weighted by atomic mass is 16.5. The molecule has 4 heterocycles. The summed E-state index contributed by atoms with van der Waals surface area (Å²) < 4.78 is 14.0. The van der Waals surface area contributed by atoms with Crippen LogP contribution in [-0.4, -0.2) is 75.8 Å². The molecule has 3 aromatic heterocycles. The van der Waals surface area contributed by atoms with Crippen molar-refractivity contribution in [2.75, 3.05) is 38.0 Å². The minimum Gasteiger partial charge on any atom is -0.388 e. The Morgan fingerprint density at radius 2 is 2.06 bits per heavy atom. The maximum Gasteiger partial charge on any atom is 0.274 e. The van der Waals surface area contributed by atoms with Crippen molar-refractivity contribution in [2.24, 2.45) is 0 Å². The Hall–Kier alpha value is -3.48. The van der Waals surface area contributed by atoms with Crippen molar-refractivity contribution < 1.29 is 19.4 Å². The molecule has 1 aliphatic carbocycles. The van der Waals surface area contributed by atoms with Crippen LogP contribution in [0.4, 0.5) is 17.3 Å². The largest absolute Gasteiger partial charge is 0.388 e. The topological polar surface area (TPSA) is 144 Å². The number of fused-ring (bicyclic) bond motifs is 1. The van der Waals surface area contributed by atoms with E-state index < -0.39 is 18.1 Å². The molecule has 12 nitrogen and oxygen atoms in total. The SMILES string of the molecule is CNc1cc(Nc2cccn([C@H]3CC[C@H](OC)CC3)c2=O)nc2c(C(=O)N[C@H]3COC[C@H]3O)cnn12. The third-order valence-electron chi connectivity index (χ3n) is 6.95. The zero-order valence-electron chi connectivity index (χ0n) is 20.3. The predicted molar refractivity (Wildman–Crippen MR) is 133 cm³/mol. The van der Waals surface area contributed by atoms with Gasteiger partial charge >= 0.3 is 0 Å². The zero-order chi connectivity index (χ0) is 25.2. The number of hydrogen-bond donors (Lipinski definition) is 4. The summed E-state index contributed by atoms with van der Waals surface area (Å²) in [7, 11) is 3.46. The van der Waals surface area contributed by atoms with Crippen molar-refractivity contribution in [1.29, 1.82) is 0 Å². The van der Waals surface area contributed by atoms with E-state index in [1.165, 1.54) is 10.7 Å². The average Bonchev–Trinajstić information content (AvgIpc) is 3.51. The number of methoxy groups -OCH3 is 1. The number of aromatic nitrogens is 4. The fraction of sp³-hybridized carbons (Fsp3) is 0.500. The number of hydrogen-bond acceptors (Lipinski definition) is 9. The van der Waals surface area contributed by atoms with E-state index >= 15 is 0 Å². The summed E-state index contributed by atoms with van der Waals surface area (Å²) >= 11 is 0. The maximum atomic E-state index is 13.3. The molecule has 4 N–H and O–H groups in total. The lowest BCUT2D eigenvalue weighted by molar-refractivity contribution is 0.0580. The van der Waals surface area contributed by atoms with Crippen LogP contribution in [0.2, 0.25) is 0 Å². The smallest absolute Gasteiger partial charge is 0.274 e. The Morgan fingerprint density at radius 1 is 1.25 bits per heavy atom. The first kappa shape index (κ1) is 24.2. The fourth-order valence-electron chi connectivity index (χ4n) is 4.88. The highest BCUT2D eigenvalue weighted by molar-refractivity contribution is 6.00. The number of aliphatic hydroxyl groups is 1. The van der Waals surface area contributed by atoms with Crippen LogP contribution in [-0.2, 0) is 9.47 Å². The number of aliphatic hydroxyl groups excluding tert-OH is 1. The van der Waals surface area contributed by atoms with Crippen LogP contribution in [0.15, 0.2) is 35.4 Å². The molecule has 0 spiro atoms. The first-order chi connectivity index (χ1) is 17.5. The van der Waals surface area contributed by atoms with E-state index in [0.29, 0.717) is 23.0 Å². The number of pyridine rings is 1. The number of nitrogens with zero attached hydrogens (tertiary/aromatic N) is 4. The Balaban J connectivity index is 1.42. The Labute approximate surface area is 207 Å². The number of carbonyl (C=O) groups excluding carboxylic acids is 1.